The van der Waals surface area contributed by atoms with Gasteiger partial charge in [0, 0.05) is 29.5 Å². The summed E-state index contributed by atoms with van der Waals surface area (Å²) in [7, 11) is 0. The van der Waals surface area contributed by atoms with E-state index in [1.807, 2.05) is 30.0 Å². The zero-order chi connectivity index (χ0) is 15.4. The molecule has 1 atom stereocenters. The summed E-state index contributed by atoms with van der Waals surface area (Å²) in [5, 5.41) is 8.77. The summed E-state index contributed by atoms with van der Waals surface area (Å²) < 4.78 is 0.967. The number of benzene rings is 1. The predicted octanol–water partition coefficient (Wildman–Crippen LogP) is 3.47. The Bertz CT molecular complexity index is 544. The molecule has 4 nitrogen and oxygen atoms in total. The molecule has 1 aromatic rings. The van der Waals surface area contributed by atoms with Gasteiger partial charge in [-0.1, -0.05) is 15.9 Å². The van der Waals surface area contributed by atoms with E-state index >= 15 is 0 Å². The Labute approximate surface area is 133 Å². The Morgan fingerprint density at radius 1 is 1.43 bits per heavy atom. The van der Waals surface area contributed by atoms with Gasteiger partial charge in [-0.3, -0.25) is 9.59 Å². The van der Waals surface area contributed by atoms with E-state index in [4.69, 9.17) is 5.11 Å². The molecule has 0 saturated carbocycles. The van der Waals surface area contributed by atoms with Crippen molar-refractivity contribution in [3.8, 4) is 0 Å². The van der Waals surface area contributed by atoms with Crippen molar-refractivity contribution >= 4 is 27.8 Å². The minimum atomic E-state index is -0.762. The van der Waals surface area contributed by atoms with E-state index in [0.29, 0.717) is 18.9 Å². The summed E-state index contributed by atoms with van der Waals surface area (Å²) >= 11 is 3.40. The lowest BCUT2D eigenvalue weighted by Crippen LogP contribution is -2.40. The van der Waals surface area contributed by atoms with Crippen molar-refractivity contribution in [2.45, 2.75) is 32.6 Å². The number of aliphatic carboxylic acids is 1. The largest absolute Gasteiger partial charge is 0.481 e. The zero-order valence-electron chi connectivity index (χ0n) is 12.1. The van der Waals surface area contributed by atoms with E-state index in [2.05, 4.69) is 15.9 Å². The van der Waals surface area contributed by atoms with Crippen LogP contribution in [0.15, 0.2) is 22.7 Å². The molecule has 2 rings (SSSR count). The molecule has 5 heteroatoms. The van der Waals surface area contributed by atoms with Crippen LogP contribution in [0.5, 0.6) is 0 Å². The van der Waals surface area contributed by atoms with Gasteiger partial charge in [-0.05, 0) is 55.9 Å². The number of piperidine rings is 1. The van der Waals surface area contributed by atoms with Gasteiger partial charge >= 0.3 is 5.97 Å². The molecule has 114 valence electrons. The number of carbonyl (C=O) groups excluding carboxylic acids is 1. The van der Waals surface area contributed by atoms with Crippen molar-refractivity contribution in [3.05, 3.63) is 33.8 Å². The van der Waals surface area contributed by atoms with Gasteiger partial charge in [0.1, 0.15) is 0 Å². The Kier molecular flexibility index (Phi) is 5.39. The van der Waals surface area contributed by atoms with Crippen LogP contribution in [0.3, 0.4) is 0 Å². The zero-order valence-corrected chi connectivity index (χ0v) is 13.7. The maximum absolute atomic E-state index is 12.6. The second kappa shape index (κ2) is 7.07. The molecule has 1 N–H and O–H groups in total. The first-order valence-electron chi connectivity index (χ1n) is 7.24. The van der Waals surface area contributed by atoms with Gasteiger partial charge in [-0.25, -0.2) is 0 Å². The van der Waals surface area contributed by atoms with E-state index in [-0.39, 0.29) is 12.3 Å². The summed E-state index contributed by atoms with van der Waals surface area (Å²) in [6.45, 7) is 3.36. The van der Waals surface area contributed by atoms with Crippen LogP contribution in [-0.4, -0.2) is 35.0 Å². The number of likely N-dealkylation sites (tertiary alicyclic amines) is 1. The second-order valence-corrected chi connectivity index (χ2v) is 6.57. The number of nitrogens with zero attached hydrogens (tertiary/aromatic N) is 1. The van der Waals surface area contributed by atoms with Crippen LogP contribution in [0.1, 0.15) is 41.6 Å². The Morgan fingerprint density at radius 2 is 2.19 bits per heavy atom. The van der Waals surface area contributed by atoms with Crippen LogP contribution in [0.2, 0.25) is 0 Å². The standard InChI is InChI=1S/C16H20BrNO3/c1-11-9-13(17)5-6-14(11)16(21)18-8-2-3-12(10-18)4-7-15(19)20/h5-6,9,12H,2-4,7-8,10H2,1H3,(H,19,20)/t12-/m0/s1. The van der Waals surface area contributed by atoms with Gasteiger partial charge in [-0.2, -0.15) is 0 Å². The SMILES string of the molecule is Cc1cc(Br)ccc1C(=O)N1CCC[C@@H](CCC(=O)O)C1. The molecule has 1 aliphatic heterocycles. The molecule has 21 heavy (non-hydrogen) atoms. The molecular formula is C16H20BrNO3. The fraction of sp³-hybridized carbons (Fsp3) is 0.500. The molecule has 0 unspecified atom stereocenters. The summed E-state index contributed by atoms with van der Waals surface area (Å²) in [5.74, 6) is -0.406. The van der Waals surface area contributed by atoms with Crippen LogP contribution in [-0.2, 0) is 4.79 Å². The maximum atomic E-state index is 12.6. The number of hydrogen-bond acceptors (Lipinski definition) is 2. The molecule has 1 aromatic carbocycles. The molecule has 1 saturated heterocycles. The Morgan fingerprint density at radius 3 is 2.86 bits per heavy atom. The van der Waals surface area contributed by atoms with Gasteiger partial charge in [0.15, 0.2) is 0 Å². The third kappa shape index (κ3) is 4.30. The van der Waals surface area contributed by atoms with Gasteiger partial charge in [-0.15, -0.1) is 0 Å². The van der Waals surface area contributed by atoms with Gasteiger partial charge in [0.25, 0.3) is 5.91 Å². The highest BCUT2D eigenvalue weighted by molar-refractivity contribution is 9.10. The van der Waals surface area contributed by atoms with E-state index in [1.165, 1.54) is 0 Å². The monoisotopic (exact) mass is 353 g/mol. The van der Waals surface area contributed by atoms with Crippen molar-refractivity contribution in [1.29, 1.82) is 0 Å². The summed E-state index contributed by atoms with van der Waals surface area (Å²) in [4.78, 5) is 25.1. The summed E-state index contributed by atoms with van der Waals surface area (Å²) in [5.41, 5.74) is 1.69. The number of carboxylic acid groups (broad SMARTS) is 1. The lowest BCUT2D eigenvalue weighted by atomic mass is 9.92. The van der Waals surface area contributed by atoms with Gasteiger partial charge in [0.05, 0.1) is 0 Å². The average molecular weight is 354 g/mol. The quantitative estimate of drug-likeness (QED) is 0.901. The van der Waals surface area contributed by atoms with E-state index < -0.39 is 5.97 Å². The Balaban J connectivity index is 2.03. The van der Waals surface area contributed by atoms with Crippen molar-refractivity contribution in [3.63, 3.8) is 0 Å². The third-order valence-corrected chi connectivity index (χ3v) is 4.48. The average Bonchev–Trinajstić information content (AvgIpc) is 2.45. The molecule has 0 aliphatic carbocycles. The highest BCUT2D eigenvalue weighted by Crippen LogP contribution is 2.24. The minimum absolute atomic E-state index is 0.0556. The number of halogens is 1. The Hall–Kier alpha value is -1.36. The number of aryl methyl sites for hydroxylation is 1. The highest BCUT2D eigenvalue weighted by Gasteiger charge is 2.25. The smallest absolute Gasteiger partial charge is 0.303 e. The van der Waals surface area contributed by atoms with Crippen LogP contribution < -0.4 is 0 Å². The van der Waals surface area contributed by atoms with E-state index in [0.717, 1.165) is 35.0 Å². The van der Waals surface area contributed by atoms with Crippen LogP contribution in [0, 0.1) is 12.8 Å². The van der Waals surface area contributed by atoms with Crippen molar-refractivity contribution in [2.75, 3.05) is 13.1 Å². The number of rotatable bonds is 4. The number of carbonyl (C=O) groups is 2. The van der Waals surface area contributed by atoms with Crippen molar-refractivity contribution < 1.29 is 14.7 Å². The molecule has 0 aromatic heterocycles. The lowest BCUT2D eigenvalue weighted by Gasteiger charge is -2.33. The minimum Gasteiger partial charge on any atom is -0.481 e. The molecule has 1 amide bonds. The van der Waals surface area contributed by atoms with Gasteiger partial charge < -0.3 is 10.0 Å². The number of carboxylic acids is 1. The fourth-order valence-electron chi connectivity index (χ4n) is 2.85. The van der Waals surface area contributed by atoms with Gasteiger partial charge in [0.2, 0.25) is 0 Å². The number of amides is 1. The first-order chi connectivity index (χ1) is 9.97. The van der Waals surface area contributed by atoms with Crippen LogP contribution in [0.25, 0.3) is 0 Å². The molecule has 0 spiro atoms. The number of hydrogen-bond donors (Lipinski definition) is 1. The molecule has 1 heterocycles. The molecule has 0 bridgehead atoms. The van der Waals surface area contributed by atoms with E-state index in [9.17, 15) is 9.59 Å². The first-order valence-corrected chi connectivity index (χ1v) is 8.04. The lowest BCUT2D eigenvalue weighted by molar-refractivity contribution is -0.137. The highest BCUT2D eigenvalue weighted by atomic mass is 79.9. The van der Waals surface area contributed by atoms with Crippen LogP contribution in [0.4, 0.5) is 0 Å². The topological polar surface area (TPSA) is 57.6 Å². The molecule has 0 radical (unpaired) electrons. The normalized spacial score (nSPS) is 18.6. The predicted molar refractivity (Wildman–Crippen MR) is 84.4 cm³/mol. The van der Waals surface area contributed by atoms with Crippen molar-refractivity contribution in [2.24, 2.45) is 5.92 Å². The van der Waals surface area contributed by atoms with E-state index in [1.54, 1.807) is 0 Å². The first kappa shape index (κ1) is 16.0. The van der Waals surface area contributed by atoms with Crippen LogP contribution >= 0.6 is 15.9 Å². The molecular weight excluding hydrogens is 334 g/mol. The molecule has 1 aliphatic rings. The second-order valence-electron chi connectivity index (χ2n) is 5.65. The molecule has 1 fully saturated rings. The summed E-state index contributed by atoms with van der Waals surface area (Å²) in [6, 6.07) is 5.67. The van der Waals surface area contributed by atoms with Crippen molar-refractivity contribution in [1.82, 2.24) is 4.90 Å². The fourth-order valence-corrected chi connectivity index (χ4v) is 3.33. The third-order valence-electron chi connectivity index (χ3n) is 3.99. The maximum Gasteiger partial charge on any atom is 0.303 e. The summed E-state index contributed by atoms with van der Waals surface area (Å²) in [6.07, 6.45) is 2.80.